The molecule has 17 nitrogen and oxygen atoms in total. The van der Waals surface area contributed by atoms with Crippen molar-refractivity contribution in [3.05, 3.63) is 23.4 Å². The fourth-order valence-corrected chi connectivity index (χ4v) is 7.69. The lowest BCUT2D eigenvalue weighted by molar-refractivity contribution is -0.137. The number of rotatable bonds is 20. The second-order valence-corrected chi connectivity index (χ2v) is 18.9. The Labute approximate surface area is 313 Å². The van der Waals surface area contributed by atoms with E-state index < -0.39 is 31.9 Å². The van der Waals surface area contributed by atoms with Gasteiger partial charge in [0.25, 0.3) is 0 Å². The summed E-state index contributed by atoms with van der Waals surface area (Å²) >= 11 is 0. The quantitative estimate of drug-likeness (QED) is 0.119. The fraction of sp³-hybridized carbons (Fsp3) is 0.824. The number of nitrogens with one attached hydrogen (secondary N) is 1. The van der Waals surface area contributed by atoms with E-state index in [0.29, 0.717) is 18.7 Å². The van der Waals surface area contributed by atoms with Gasteiger partial charge in [0, 0.05) is 32.4 Å². The molecule has 0 spiro atoms. The molecule has 0 radical (unpaired) electrons. The molecule has 2 aliphatic carbocycles. The highest BCUT2D eigenvalue weighted by Crippen LogP contribution is 2.32. The van der Waals surface area contributed by atoms with Gasteiger partial charge in [0.05, 0.1) is 32.0 Å². The average Bonchev–Trinajstić information content (AvgIpc) is 3.77. The van der Waals surface area contributed by atoms with Crippen molar-refractivity contribution in [1.82, 2.24) is 34.4 Å². The van der Waals surface area contributed by atoms with E-state index in [1.807, 2.05) is 0 Å². The molecule has 2 fully saturated rings. The number of hydroxylamine groups is 1. The number of hydrogen-bond donors (Lipinski definition) is 3. The molecule has 4 rings (SSSR count). The lowest BCUT2D eigenvalue weighted by Crippen LogP contribution is -2.25. The van der Waals surface area contributed by atoms with Gasteiger partial charge in [0.2, 0.25) is 37.7 Å². The maximum atomic E-state index is 11.6. The summed E-state index contributed by atoms with van der Waals surface area (Å²) in [6.45, 7) is 0.00746. The first-order valence-electron chi connectivity index (χ1n) is 18.7. The molecule has 0 aromatic carbocycles. The highest BCUT2D eigenvalue weighted by atomic mass is 32.2. The maximum Gasteiger partial charge on any atom is 0.304 e. The van der Waals surface area contributed by atoms with E-state index in [2.05, 4.69) is 20.3 Å². The Morgan fingerprint density at radius 3 is 1.49 bits per heavy atom. The Kier molecular flexibility index (Phi) is 18.2. The van der Waals surface area contributed by atoms with E-state index in [1.54, 1.807) is 5.48 Å². The van der Waals surface area contributed by atoms with Crippen molar-refractivity contribution < 1.29 is 45.8 Å². The molecule has 53 heavy (non-hydrogen) atoms. The van der Waals surface area contributed by atoms with Crippen LogP contribution in [0.25, 0.3) is 0 Å². The number of carbonyl (C=O) groups excluding carboxylic acids is 1. The summed E-state index contributed by atoms with van der Waals surface area (Å²) in [4.78, 5) is 31.3. The molecule has 2 atom stereocenters. The van der Waals surface area contributed by atoms with Gasteiger partial charge in [-0.25, -0.2) is 22.3 Å². The highest BCUT2D eigenvalue weighted by molar-refractivity contribution is 7.88. The molecule has 2 saturated carbocycles. The van der Waals surface area contributed by atoms with Crippen LogP contribution in [-0.4, -0.2) is 94.5 Å². The largest absolute Gasteiger partial charge is 0.481 e. The summed E-state index contributed by atoms with van der Waals surface area (Å²) in [6.07, 6.45) is 20.6. The van der Waals surface area contributed by atoms with Crippen LogP contribution >= 0.6 is 0 Å². The molecule has 0 saturated heterocycles. The lowest BCUT2D eigenvalue weighted by Gasteiger charge is -2.22. The first-order valence-corrected chi connectivity index (χ1v) is 22.4. The van der Waals surface area contributed by atoms with Gasteiger partial charge >= 0.3 is 5.97 Å². The van der Waals surface area contributed by atoms with E-state index in [9.17, 15) is 31.5 Å². The summed E-state index contributed by atoms with van der Waals surface area (Å²) < 4.78 is 58.7. The predicted molar refractivity (Wildman–Crippen MR) is 194 cm³/mol. The normalized spacial score (nSPS) is 17.3. The third-order valence-electron chi connectivity index (χ3n) is 10.3. The molecule has 2 aromatic rings. The van der Waals surface area contributed by atoms with Gasteiger partial charge in [-0.1, -0.05) is 100 Å². The van der Waals surface area contributed by atoms with Crippen molar-refractivity contribution in [1.29, 1.82) is 0 Å². The molecule has 19 heteroatoms. The van der Waals surface area contributed by atoms with Crippen molar-refractivity contribution in [3.63, 3.8) is 0 Å². The Hall–Kier alpha value is -3.00. The molecule has 1 amide bonds. The SMILES string of the molecule is CN(Cc1noc([C@H](CCCC2CCCCC2)CC(=O)NO)n1)S(C)(=O)=O.CN(Cc1noc([C@H](CCCC2CCCCC2)CC(=O)O)n1)S(C)(=O)=O. The van der Waals surface area contributed by atoms with Crippen molar-refractivity contribution in [3.8, 4) is 0 Å². The number of amides is 1. The molecule has 0 bridgehead atoms. The molecular formula is C34H59N7O10S2. The van der Waals surface area contributed by atoms with Crippen LogP contribution in [0, 0.1) is 11.8 Å². The van der Waals surface area contributed by atoms with Crippen LogP contribution in [0.2, 0.25) is 0 Å². The number of hydrogen-bond acceptors (Lipinski definition) is 13. The van der Waals surface area contributed by atoms with Crippen LogP contribution in [0.1, 0.15) is 151 Å². The van der Waals surface area contributed by atoms with Crippen molar-refractivity contribution in [2.75, 3.05) is 26.6 Å². The van der Waals surface area contributed by atoms with Gasteiger partial charge in [-0.3, -0.25) is 14.8 Å². The second-order valence-electron chi connectivity index (χ2n) is 14.7. The lowest BCUT2D eigenvalue weighted by atomic mass is 9.84. The third kappa shape index (κ3) is 16.5. The van der Waals surface area contributed by atoms with Gasteiger partial charge in [-0.2, -0.15) is 18.6 Å². The molecule has 0 unspecified atom stereocenters. The topological polar surface area (TPSA) is 239 Å². The van der Waals surface area contributed by atoms with Crippen LogP contribution in [-0.2, 0) is 42.7 Å². The minimum atomic E-state index is -3.35. The van der Waals surface area contributed by atoms with Crippen LogP contribution in [0.5, 0.6) is 0 Å². The van der Waals surface area contributed by atoms with E-state index >= 15 is 0 Å². The van der Waals surface area contributed by atoms with Crippen LogP contribution in [0.4, 0.5) is 0 Å². The first-order chi connectivity index (χ1) is 25.0. The minimum Gasteiger partial charge on any atom is -0.481 e. The number of carbonyl (C=O) groups is 2. The monoisotopic (exact) mass is 789 g/mol. The van der Waals surface area contributed by atoms with Crippen molar-refractivity contribution in [2.24, 2.45) is 11.8 Å². The number of carboxylic acid groups (broad SMARTS) is 1. The van der Waals surface area contributed by atoms with E-state index in [-0.39, 0.29) is 55.3 Å². The summed E-state index contributed by atoms with van der Waals surface area (Å²) in [5.41, 5.74) is 1.65. The summed E-state index contributed by atoms with van der Waals surface area (Å²) in [5, 5.41) is 25.7. The standard InChI is InChI=1S/C17H30N4O5S.C17H29N3O5S/c1-21(27(2,24)25)12-15-18-17(26-20-15)14(11-16(22)19-23)10-6-9-13-7-4-3-5-8-13;1-20(26(2,23)24)12-15-18-17(25-19-15)14(11-16(21)22)10-6-9-13-7-4-3-5-8-13/h13-14,23H,3-12H2,1-2H3,(H,19,22);13-14H,3-12H2,1-2H3,(H,21,22)/t2*14-/m11/s1. The Balaban J connectivity index is 0.000000286. The number of sulfonamides is 2. The summed E-state index contributed by atoms with van der Waals surface area (Å²) in [5.74, 6) is 0.531. The number of carboxylic acids is 1. The van der Waals surface area contributed by atoms with Crippen molar-refractivity contribution >= 4 is 31.9 Å². The van der Waals surface area contributed by atoms with Crippen LogP contribution < -0.4 is 5.48 Å². The van der Waals surface area contributed by atoms with Gasteiger partial charge in [0.15, 0.2) is 11.6 Å². The van der Waals surface area contributed by atoms with Gasteiger partial charge in [-0.05, 0) is 24.7 Å². The predicted octanol–water partition coefficient (Wildman–Crippen LogP) is 4.96. The molecule has 3 N–H and O–H groups in total. The Bertz CT molecular complexity index is 1620. The number of aromatic nitrogens is 4. The van der Waals surface area contributed by atoms with E-state index in [1.165, 1.54) is 78.3 Å². The summed E-state index contributed by atoms with van der Waals surface area (Å²) in [6, 6.07) is 0. The smallest absolute Gasteiger partial charge is 0.304 e. The average molecular weight is 790 g/mol. The molecule has 0 aliphatic heterocycles. The highest BCUT2D eigenvalue weighted by Gasteiger charge is 2.26. The molecule has 2 heterocycles. The Morgan fingerprint density at radius 1 is 0.736 bits per heavy atom. The Morgan fingerprint density at radius 2 is 1.13 bits per heavy atom. The fourth-order valence-electron chi connectivity index (χ4n) is 6.99. The van der Waals surface area contributed by atoms with Gasteiger partial charge < -0.3 is 14.2 Å². The van der Waals surface area contributed by atoms with Crippen molar-refractivity contribution in [2.45, 2.75) is 141 Å². The van der Waals surface area contributed by atoms with E-state index in [4.69, 9.17) is 14.3 Å². The van der Waals surface area contributed by atoms with E-state index in [0.717, 1.165) is 58.6 Å². The van der Waals surface area contributed by atoms with Gasteiger partial charge in [0.1, 0.15) is 0 Å². The second kappa shape index (κ2) is 21.8. The van der Waals surface area contributed by atoms with Crippen LogP contribution in [0.15, 0.2) is 9.05 Å². The maximum absolute atomic E-state index is 11.6. The van der Waals surface area contributed by atoms with Crippen LogP contribution in [0.3, 0.4) is 0 Å². The number of nitrogens with zero attached hydrogens (tertiary/aromatic N) is 6. The van der Waals surface area contributed by atoms with Gasteiger partial charge in [-0.15, -0.1) is 0 Å². The third-order valence-corrected chi connectivity index (χ3v) is 12.8. The number of aliphatic carboxylic acids is 1. The zero-order valence-electron chi connectivity index (χ0n) is 31.6. The zero-order valence-corrected chi connectivity index (χ0v) is 33.2. The summed E-state index contributed by atoms with van der Waals surface area (Å²) in [7, 11) is -3.82. The molecular weight excluding hydrogens is 731 g/mol. The molecule has 2 aliphatic rings. The molecule has 302 valence electrons. The minimum absolute atomic E-state index is 0.00330. The zero-order chi connectivity index (χ0) is 39.0. The first kappa shape index (κ1) is 44.4. The molecule has 2 aromatic heterocycles.